The Morgan fingerprint density at radius 1 is 1.29 bits per heavy atom. The molecule has 0 radical (unpaired) electrons. The molecular formula is C13H22O4. The summed E-state index contributed by atoms with van der Waals surface area (Å²) in [5.74, 6) is -0.328. The summed E-state index contributed by atoms with van der Waals surface area (Å²) < 4.78 is 9.17. The molecule has 4 heteroatoms. The average molecular weight is 242 g/mol. The number of rotatable bonds is 2. The van der Waals surface area contributed by atoms with Crippen LogP contribution in [-0.4, -0.2) is 32.4 Å². The molecular weight excluding hydrogens is 220 g/mol. The number of aliphatic carboxylic acids is 1. The largest absolute Gasteiger partial charge is 0.497 e. The van der Waals surface area contributed by atoms with Crippen molar-refractivity contribution in [1.29, 1.82) is 0 Å². The third-order valence-electron chi connectivity index (χ3n) is 1.56. The van der Waals surface area contributed by atoms with Crippen LogP contribution in [0.2, 0.25) is 0 Å². The summed E-state index contributed by atoms with van der Waals surface area (Å²) in [4.78, 5) is 10.6. The molecule has 0 spiro atoms. The van der Waals surface area contributed by atoms with E-state index in [9.17, 15) is 4.79 Å². The van der Waals surface area contributed by atoms with Crippen LogP contribution in [0.3, 0.4) is 0 Å². The molecule has 0 fully saturated rings. The van der Waals surface area contributed by atoms with E-state index in [1.807, 2.05) is 13.8 Å². The first kappa shape index (κ1) is 17.8. The third-order valence-corrected chi connectivity index (χ3v) is 1.56. The van der Waals surface area contributed by atoms with Crippen LogP contribution in [0.4, 0.5) is 0 Å². The van der Waals surface area contributed by atoms with E-state index < -0.39 is 5.97 Å². The minimum atomic E-state index is -0.899. The second-order valence-electron chi connectivity index (χ2n) is 2.79. The van der Waals surface area contributed by atoms with Crippen molar-refractivity contribution in [3.63, 3.8) is 0 Å². The minimum absolute atomic E-state index is 0.344. The van der Waals surface area contributed by atoms with Crippen molar-refractivity contribution in [2.75, 3.05) is 21.3 Å². The zero-order chi connectivity index (χ0) is 13.7. The Balaban J connectivity index is 0. The lowest BCUT2D eigenvalue weighted by Crippen LogP contribution is -1.99. The Hall–Kier alpha value is -1.55. The van der Waals surface area contributed by atoms with Crippen molar-refractivity contribution in [2.45, 2.75) is 20.3 Å². The summed E-state index contributed by atoms with van der Waals surface area (Å²) in [5.41, 5.74) is 0.344. The molecule has 0 bridgehead atoms. The lowest BCUT2D eigenvalue weighted by molar-refractivity contribution is -0.132. The fraction of sp³-hybridized carbons (Fsp3) is 0.462. The maximum atomic E-state index is 10.6. The molecule has 0 aromatic carbocycles. The van der Waals surface area contributed by atoms with Gasteiger partial charge in [0.1, 0.15) is 5.76 Å². The number of allylic oxidation sites excluding steroid dienone is 4. The second-order valence-corrected chi connectivity index (χ2v) is 2.79. The number of hydrogen-bond donors (Lipinski definition) is 1. The van der Waals surface area contributed by atoms with Gasteiger partial charge in [-0.25, -0.2) is 4.79 Å². The van der Waals surface area contributed by atoms with Crippen molar-refractivity contribution in [3.8, 4) is 0 Å². The Morgan fingerprint density at radius 3 is 2.24 bits per heavy atom. The first-order valence-corrected chi connectivity index (χ1v) is 5.40. The second kappa shape index (κ2) is 12.5. The van der Waals surface area contributed by atoms with Crippen LogP contribution in [0.1, 0.15) is 20.3 Å². The van der Waals surface area contributed by atoms with Crippen LogP contribution in [0, 0.1) is 0 Å². The standard InChI is InChI=1S/C9H10O3.C2H6O.C2H6/c1-12-8-5-3-2-4-7(6-8)9(10)11;1-3-2;1-2/h2-3,5-6H,4H2,1H3,(H,10,11);1-2H3;1-2H3. The van der Waals surface area contributed by atoms with Gasteiger partial charge in [-0.15, -0.1) is 0 Å². The number of ether oxygens (including phenoxy) is 2. The Kier molecular flexibility index (Phi) is 13.1. The molecule has 1 N–H and O–H groups in total. The van der Waals surface area contributed by atoms with Gasteiger partial charge in [0.2, 0.25) is 0 Å². The Labute approximate surface area is 103 Å². The number of carboxylic acid groups (broad SMARTS) is 1. The molecule has 0 amide bonds. The van der Waals surface area contributed by atoms with Crippen LogP contribution < -0.4 is 0 Å². The van der Waals surface area contributed by atoms with Gasteiger partial charge in [0.25, 0.3) is 0 Å². The van der Waals surface area contributed by atoms with Gasteiger partial charge in [-0.2, -0.15) is 0 Å². The summed E-state index contributed by atoms with van der Waals surface area (Å²) in [7, 11) is 4.76. The van der Waals surface area contributed by atoms with E-state index in [-0.39, 0.29) is 0 Å². The molecule has 4 nitrogen and oxygen atoms in total. The predicted molar refractivity (Wildman–Crippen MR) is 68.8 cm³/mol. The molecule has 0 aliphatic heterocycles. The van der Waals surface area contributed by atoms with E-state index >= 15 is 0 Å². The van der Waals surface area contributed by atoms with Crippen molar-refractivity contribution in [1.82, 2.24) is 0 Å². The average Bonchev–Trinajstić information content (AvgIpc) is 2.58. The first-order chi connectivity index (χ1) is 8.15. The fourth-order valence-corrected chi connectivity index (χ4v) is 0.913. The topological polar surface area (TPSA) is 55.8 Å². The highest BCUT2D eigenvalue weighted by Gasteiger charge is 2.07. The summed E-state index contributed by atoms with van der Waals surface area (Å²) in [6.45, 7) is 4.00. The van der Waals surface area contributed by atoms with Gasteiger partial charge in [-0.05, 0) is 18.6 Å². The van der Waals surface area contributed by atoms with Crippen LogP contribution >= 0.6 is 0 Å². The zero-order valence-corrected chi connectivity index (χ0v) is 11.2. The lowest BCUT2D eigenvalue weighted by Gasteiger charge is -1.99. The molecule has 0 saturated carbocycles. The SMILES string of the molecule is CC.COC.COC1=CC=CCC(C(=O)O)=C1. The molecule has 0 heterocycles. The van der Waals surface area contributed by atoms with E-state index in [1.54, 1.807) is 32.4 Å². The Morgan fingerprint density at radius 2 is 1.82 bits per heavy atom. The van der Waals surface area contributed by atoms with E-state index in [0.29, 0.717) is 17.8 Å². The first-order valence-electron chi connectivity index (χ1n) is 5.40. The number of carbonyl (C=O) groups is 1. The van der Waals surface area contributed by atoms with Gasteiger partial charge < -0.3 is 14.6 Å². The lowest BCUT2D eigenvalue weighted by atomic mass is 10.2. The van der Waals surface area contributed by atoms with Crippen molar-refractivity contribution in [2.24, 2.45) is 0 Å². The van der Waals surface area contributed by atoms with Gasteiger partial charge in [0.15, 0.2) is 0 Å². The van der Waals surface area contributed by atoms with Crippen molar-refractivity contribution in [3.05, 3.63) is 35.6 Å². The molecule has 98 valence electrons. The molecule has 0 atom stereocenters. The van der Waals surface area contributed by atoms with Gasteiger partial charge in [0.05, 0.1) is 7.11 Å². The van der Waals surface area contributed by atoms with E-state index in [2.05, 4.69) is 4.74 Å². The Bertz CT molecular complexity index is 288. The predicted octanol–water partition coefficient (Wildman–Crippen LogP) is 2.78. The molecule has 1 rings (SSSR count). The number of hydrogen-bond acceptors (Lipinski definition) is 3. The van der Waals surface area contributed by atoms with E-state index in [0.717, 1.165) is 0 Å². The van der Waals surface area contributed by atoms with Crippen LogP contribution in [0.5, 0.6) is 0 Å². The summed E-state index contributed by atoms with van der Waals surface area (Å²) in [6, 6.07) is 0. The van der Waals surface area contributed by atoms with Crippen LogP contribution in [0.25, 0.3) is 0 Å². The maximum Gasteiger partial charge on any atom is 0.332 e. The summed E-state index contributed by atoms with van der Waals surface area (Å²) in [6.07, 6.45) is 7.27. The quantitative estimate of drug-likeness (QED) is 0.809. The van der Waals surface area contributed by atoms with Gasteiger partial charge in [0, 0.05) is 19.8 Å². The highest BCUT2D eigenvalue weighted by molar-refractivity contribution is 5.87. The summed E-state index contributed by atoms with van der Waals surface area (Å²) in [5, 5.41) is 8.69. The monoisotopic (exact) mass is 242 g/mol. The van der Waals surface area contributed by atoms with Gasteiger partial charge in [-0.3, -0.25) is 0 Å². The highest BCUT2D eigenvalue weighted by atomic mass is 16.5. The molecule has 1 aliphatic rings. The summed E-state index contributed by atoms with van der Waals surface area (Å²) >= 11 is 0. The molecule has 0 saturated heterocycles. The highest BCUT2D eigenvalue weighted by Crippen LogP contribution is 2.12. The fourth-order valence-electron chi connectivity index (χ4n) is 0.913. The molecule has 1 aliphatic carbocycles. The van der Waals surface area contributed by atoms with Crippen molar-refractivity contribution >= 4 is 5.97 Å². The van der Waals surface area contributed by atoms with E-state index in [4.69, 9.17) is 9.84 Å². The molecule has 0 aromatic heterocycles. The van der Waals surface area contributed by atoms with E-state index in [1.165, 1.54) is 13.2 Å². The smallest absolute Gasteiger partial charge is 0.332 e. The van der Waals surface area contributed by atoms with Gasteiger partial charge >= 0.3 is 5.97 Å². The molecule has 17 heavy (non-hydrogen) atoms. The molecule has 0 aromatic rings. The third kappa shape index (κ3) is 9.38. The van der Waals surface area contributed by atoms with Crippen LogP contribution in [-0.2, 0) is 14.3 Å². The minimum Gasteiger partial charge on any atom is -0.497 e. The number of methoxy groups -OCH3 is 2. The van der Waals surface area contributed by atoms with Crippen molar-refractivity contribution < 1.29 is 19.4 Å². The molecule has 0 unspecified atom stereocenters. The normalized spacial score (nSPS) is 12.8. The van der Waals surface area contributed by atoms with Crippen LogP contribution in [0.15, 0.2) is 35.6 Å². The van der Waals surface area contributed by atoms with Gasteiger partial charge in [-0.1, -0.05) is 26.0 Å². The maximum absolute atomic E-state index is 10.6. The number of carboxylic acids is 1. The zero-order valence-electron chi connectivity index (χ0n) is 11.2.